The molecule has 0 saturated carbocycles. The van der Waals surface area contributed by atoms with Crippen LogP contribution in [0.2, 0.25) is 0 Å². The van der Waals surface area contributed by atoms with Crippen LogP contribution in [0.15, 0.2) is 41.4 Å². The van der Waals surface area contributed by atoms with E-state index in [0.717, 1.165) is 9.87 Å². The topological polar surface area (TPSA) is 68.1 Å². The average Bonchev–Trinajstić information content (AvgIpc) is 2.35. The second kappa shape index (κ2) is 5.14. The molecule has 1 N–H and O–H groups in total. The number of nitrogens with one attached hydrogen (secondary N) is 1. The lowest BCUT2D eigenvalue weighted by molar-refractivity contribution is -0.384. The molecular weight excluding hydrogens is 298 g/mol. The highest BCUT2D eigenvalue weighted by Crippen LogP contribution is 2.21. The Balaban J connectivity index is 2.32. The van der Waals surface area contributed by atoms with Gasteiger partial charge >= 0.3 is 0 Å². The first-order chi connectivity index (χ1) is 8.56. The van der Waals surface area contributed by atoms with Gasteiger partial charge in [-0.15, -0.1) is 0 Å². The standard InChI is InChI=1S/C12H10BrN3O2/c1-8(13)7-14-12-5-2-9-6-10(16(17)18)3-4-11(9)15-12/h2-6H,1,7H2,(H,14,15). The molecule has 2 rings (SSSR count). The summed E-state index contributed by atoms with van der Waals surface area (Å²) < 4.78 is 0.827. The summed E-state index contributed by atoms with van der Waals surface area (Å²) in [5, 5.41) is 14.5. The molecule has 2 aromatic rings. The number of fused-ring (bicyclic) bond motifs is 1. The predicted octanol–water partition coefficient (Wildman–Crippen LogP) is 3.46. The van der Waals surface area contributed by atoms with Crippen molar-refractivity contribution in [1.82, 2.24) is 4.98 Å². The Morgan fingerprint density at radius 2 is 2.22 bits per heavy atom. The summed E-state index contributed by atoms with van der Waals surface area (Å²) in [6, 6.07) is 8.18. The Morgan fingerprint density at radius 1 is 1.44 bits per heavy atom. The van der Waals surface area contributed by atoms with E-state index in [4.69, 9.17) is 0 Å². The fourth-order valence-corrected chi connectivity index (χ4v) is 1.65. The third-order valence-electron chi connectivity index (χ3n) is 2.34. The summed E-state index contributed by atoms with van der Waals surface area (Å²) in [5.74, 6) is 0.706. The van der Waals surface area contributed by atoms with E-state index in [1.54, 1.807) is 18.2 Å². The van der Waals surface area contributed by atoms with Crippen molar-refractivity contribution in [3.63, 3.8) is 0 Å². The molecule has 5 nitrogen and oxygen atoms in total. The lowest BCUT2D eigenvalue weighted by Gasteiger charge is -2.05. The minimum Gasteiger partial charge on any atom is -0.365 e. The first-order valence-electron chi connectivity index (χ1n) is 5.18. The molecule has 0 fully saturated rings. The number of benzene rings is 1. The van der Waals surface area contributed by atoms with Crippen molar-refractivity contribution in [1.29, 1.82) is 0 Å². The number of nitro benzene ring substituents is 1. The number of pyridine rings is 1. The molecule has 0 radical (unpaired) electrons. The number of halogens is 1. The van der Waals surface area contributed by atoms with E-state index < -0.39 is 4.92 Å². The quantitative estimate of drug-likeness (QED) is 0.693. The molecule has 1 aromatic heterocycles. The van der Waals surface area contributed by atoms with Gasteiger partial charge in [-0.1, -0.05) is 22.5 Å². The van der Waals surface area contributed by atoms with Crippen LogP contribution in [0.25, 0.3) is 10.9 Å². The normalized spacial score (nSPS) is 10.3. The lowest BCUT2D eigenvalue weighted by Crippen LogP contribution is -2.02. The Bertz CT molecular complexity index is 628. The van der Waals surface area contributed by atoms with Gasteiger partial charge in [-0.3, -0.25) is 10.1 Å². The molecule has 18 heavy (non-hydrogen) atoms. The third kappa shape index (κ3) is 2.84. The summed E-state index contributed by atoms with van der Waals surface area (Å²) >= 11 is 3.25. The van der Waals surface area contributed by atoms with E-state index in [9.17, 15) is 10.1 Å². The number of non-ortho nitro benzene ring substituents is 1. The summed E-state index contributed by atoms with van der Waals surface area (Å²) in [5.41, 5.74) is 0.782. The van der Waals surface area contributed by atoms with Gasteiger partial charge in [0, 0.05) is 28.5 Å². The van der Waals surface area contributed by atoms with Crippen molar-refractivity contribution in [2.24, 2.45) is 0 Å². The van der Waals surface area contributed by atoms with Gasteiger partial charge in [-0.25, -0.2) is 4.98 Å². The van der Waals surface area contributed by atoms with E-state index in [-0.39, 0.29) is 5.69 Å². The van der Waals surface area contributed by atoms with Gasteiger partial charge in [0.25, 0.3) is 5.69 Å². The Kier molecular flexibility index (Phi) is 3.57. The molecule has 0 saturated heterocycles. The molecule has 0 atom stereocenters. The van der Waals surface area contributed by atoms with Gasteiger partial charge in [-0.2, -0.15) is 0 Å². The molecule has 0 aliphatic rings. The van der Waals surface area contributed by atoms with Crippen molar-refractivity contribution < 1.29 is 4.92 Å². The summed E-state index contributed by atoms with van der Waals surface area (Å²) in [4.78, 5) is 14.6. The number of rotatable bonds is 4. The van der Waals surface area contributed by atoms with Gasteiger partial charge < -0.3 is 5.32 Å². The van der Waals surface area contributed by atoms with Crippen LogP contribution >= 0.6 is 15.9 Å². The van der Waals surface area contributed by atoms with Crippen LogP contribution in [0.5, 0.6) is 0 Å². The van der Waals surface area contributed by atoms with Crippen LogP contribution in [-0.4, -0.2) is 16.5 Å². The zero-order valence-electron chi connectivity index (χ0n) is 9.39. The van der Waals surface area contributed by atoms with Crippen LogP contribution < -0.4 is 5.32 Å². The minimum absolute atomic E-state index is 0.0684. The molecule has 0 aliphatic carbocycles. The van der Waals surface area contributed by atoms with Crippen LogP contribution in [-0.2, 0) is 0 Å². The van der Waals surface area contributed by atoms with Gasteiger partial charge in [-0.05, 0) is 18.2 Å². The zero-order valence-corrected chi connectivity index (χ0v) is 11.0. The van der Waals surface area contributed by atoms with Crippen molar-refractivity contribution >= 4 is 38.3 Å². The molecule has 0 bridgehead atoms. The van der Waals surface area contributed by atoms with Crippen molar-refractivity contribution in [2.75, 3.05) is 11.9 Å². The zero-order chi connectivity index (χ0) is 13.1. The minimum atomic E-state index is -0.416. The van der Waals surface area contributed by atoms with E-state index in [1.807, 2.05) is 0 Å². The molecule has 0 spiro atoms. The average molecular weight is 308 g/mol. The Labute approximate surface area is 112 Å². The fraction of sp³-hybridized carbons (Fsp3) is 0.0833. The van der Waals surface area contributed by atoms with Crippen LogP contribution in [0, 0.1) is 10.1 Å². The van der Waals surface area contributed by atoms with Crippen molar-refractivity contribution in [2.45, 2.75) is 0 Å². The molecule has 1 aromatic carbocycles. The maximum atomic E-state index is 10.6. The van der Waals surface area contributed by atoms with Gasteiger partial charge in [0.05, 0.1) is 10.4 Å². The molecule has 0 aliphatic heterocycles. The third-order valence-corrected chi connectivity index (χ3v) is 2.63. The van der Waals surface area contributed by atoms with Crippen molar-refractivity contribution in [3.05, 3.63) is 51.5 Å². The lowest BCUT2D eigenvalue weighted by atomic mass is 10.2. The molecule has 92 valence electrons. The first kappa shape index (κ1) is 12.5. The molecule has 0 unspecified atom stereocenters. The molecule has 6 heteroatoms. The van der Waals surface area contributed by atoms with Crippen molar-refractivity contribution in [3.8, 4) is 0 Å². The first-order valence-corrected chi connectivity index (χ1v) is 5.98. The summed E-state index contributed by atoms with van der Waals surface area (Å²) in [7, 11) is 0. The second-order valence-electron chi connectivity index (χ2n) is 3.70. The van der Waals surface area contributed by atoms with E-state index in [1.165, 1.54) is 12.1 Å². The predicted molar refractivity (Wildman–Crippen MR) is 75.0 cm³/mol. The number of nitrogens with zero attached hydrogens (tertiary/aromatic N) is 2. The second-order valence-corrected chi connectivity index (χ2v) is 4.82. The molecule has 1 heterocycles. The highest BCUT2D eigenvalue weighted by molar-refractivity contribution is 9.11. The van der Waals surface area contributed by atoms with E-state index in [0.29, 0.717) is 17.9 Å². The maximum absolute atomic E-state index is 10.6. The summed E-state index contributed by atoms with van der Waals surface area (Å²) in [6.07, 6.45) is 0. The SMILES string of the molecule is C=C(Br)CNc1ccc2cc([N+](=O)[O-])ccc2n1. The maximum Gasteiger partial charge on any atom is 0.270 e. The Hall–Kier alpha value is -1.95. The van der Waals surface area contributed by atoms with Crippen LogP contribution in [0.1, 0.15) is 0 Å². The Morgan fingerprint density at radius 3 is 2.89 bits per heavy atom. The largest absolute Gasteiger partial charge is 0.365 e. The van der Waals surface area contributed by atoms with Crippen LogP contribution in [0.3, 0.4) is 0 Å². The highest BCUT2D eigenvalue weighted by Gasteiger charge is 2.06. The van der Waals surface area contributed by atoms with Gasteiger partial charge in [0.15, 0.2) is 0 Å². The number of hydrogen-bond donors (Lipinski definition) is 1. The fourth-order valence-electron chi connectivity index (χ4n) is 1.51. The van der Waals surface area contributed by atoms with Crippen LogP contribution in [0.4, 0.5) is 11.5 Å². The smallest absolute Gasteiger partial charge is 0.270 e. The van der Waals surface area contributed by atoms with E-state index in [2.05, 4.69) is 32.8 Å². The number of nitro groups is 1. The molecule has 0 amide bonds. The number of hydrogen-bond acceptors (Lipinski definition) is 4. The van der Waals surface area contributed by atoms with E-state index >= 15 is 0 Å². The monoisotopic (exact) mass is 307 g/mol. The molecular formula is C12H10BrN3O2. The van der Waals surface area contributed by atoms with Gasteiger partial charge in [0.1, 0.15) is 5.82 Å². The number of anilines is 1. The van der Waals surface area contributed by atoms with Gasteiger partial charge in [0.2, 0.25) is 0 Å². The highest BCUT2D eigenvalue weighted by atomic mass is 79.9. The number of aromatic nitrogens is 1. The summed E-state index contributed by atoms with van der Waals surface area (Å²) in [6.45, 7) is 4.29.